The van der Waals surface area contributed by atoms with Crippen LogP contribution in [-0.2, 0) is 9.68 Å². The van der Waals surface area contributed by atoms with Gasteiger partial charge in [-0.15, -0.1) is 0 Å². The summed E-state index contributed by atoms with van der Waals surface area (Å²) in [6.07, 6.45) is 1.94. The lowest BCUT2D eigenvalue weighted by molar-refractivity contribution is -0.291. The van der Waals surface area contributed by atoms with Crippen molar-refractivity contribution in [2.24, 2.45) is 0 Å². The molecule has 176 valence electrons. The van der Waals surface area contributed by atoms with Gasteiger partial charge in [0.05, 0.1) is 35.4 Å². The van der Waals surface area contributed by atoms with Gasteiger partial charge in [-0.1, -0.05) is 13.8 Å². The van der Waals surface area contributed by atoms with Crippen molar-refractivity contribution in [3.63, 3.8) is 0 Å². The Labute approximate surface area is 184 Å². The van der Waals surface area contributed by atoms with E-state index >= 15 is 0 Å². The van der Waals surface area contributed by atoms with Crippen molar-refractivity contribution in [2.45, 2.75) is 104 Å². The normalized spacial score (nSPS) is 26.1. The molecular formula is C23H46N4O3. The van der Waals surface area contributed by atoms with Crippen molar-refractivity contribution in [1.29, 1.82) is 0 Å². The molecule has 2 aliphatic heterocycles. The molecule has 0 aromatic carbocycles. The largest absolute Gasteiger partial charge is 0.321 e. The molecule has 2 heterocycles. The minimum absolute atomic E-state index is 0.114. The van der Waals surface area contributed by atoms with E-state index in [1.54, 1.807) is 0 Å². The van der Waals surface area contributed by atoms with Crippen LogP contribution in [0.3, 0.4) is 0 Å². The Hall–Kier alpha value is -0.890. The number of carbonyl (C=O) groups is 1. The fourth-order valence-electron chi connectivity index (χ4n) is 5.41. The molecule has 30 heavy (non-hydrogen) atoms. The third kappa shape index (κ3) is 5.29. The van der Waals surface area contributed by atoms with Crippen LogP contribution < -0.4 is 0 Å². The molecule has 2 rings (SSSR count). The minimum atomic E-state index is -0.260. The smallest absolute Gasteiger partial charge is 0.320 e. The molecule has 0 aliphatic carbocycles. The van der Waals surface area contributed by atoms with Gasteiger partial charge in [0.25, 0.3) is 0 Å². The van der Waals surface area contributed by atoms with Crippen LogP contribution in [0.2, 0.25) is 0 Å². The van der Waals surface area contributed by atoms with Crippen molar-refractivity contribution in [2.75, 3.05) is 39.4 Å². The first-order valence-corrected chi connectivity index (χ1v) is 11.6. The van der Waals surface area contributed by atoms with E-state index in [1.165, 1.54) is 0 Å². The van der Waals surface area contributed by atoms with Gasteiger partial charge in [-0.05, 0) is 68.2 Å². The lowest BCUT2D eigenvalue weighted by Gasteiger charge is -2.58. The van der Waals surface area contributed by atoms with E-state index in [9.17, 15) is 4.79 Å². The highest BCUT2D eigenvalue weighted by Crippen LogP contribution is 2.36. The van der Waals surface area contributed by atoms with Gasteiger partial charge in [0.15, 0.2) is 0 Å². The Morgan fingerprint density at radius 2 is 0.900 bits per heavy atom. The van der Waals surface area contributed by atoms with Gasteiger partial charge in [-0.3, -0.25) is 9.68 Å². The summed E-state index contributed by atoms with van der Waals surface area (Å²) < 4.78 is 0. The second-order valence-electron chi connectivity index (χ2n) is 11.5. The maximum absolute atomic E-state index is 13.7. The molecule has 2 fully saturated rings. The zero-order valence-electron chi connectivity index (χ0n) is 21.2. The van der Waals surface area contributed by atoms with Gasteiger partial charge >= 0.3 is 6.03 Å². The highest BCUT2D eigenvalue weighted by atomic mass is 16.7. The monoisotopic (exact) mass is 426 g/mol. The molecule has 7 nitrogen and oxygen atoms in total. The molecule has 2 amide bonds. The molecule has 0 atom stereocenters. The third-order valence-electron chi connectivity index (χ3n) is 5.90. The Morgan fingerprint density at radius 3 is 1.13 bits per heavy atom. The summed E-state index contributed by atoms with van der Waals surface area (Å²) in [6, 6.07) is 0.114. The first-order chi connectivity index (χ1) is 13.7. The summed E-state index contributed by atoms with van der Waals surface area (Å²) in [7, 11) is 0. The summed E-state index contributed by atoms with van der Waals surface area (Å²) in [6.45, 7) is 25.5. The number of carbonyl (C=O) groups excluding carboxylic acids is 1. The Balaban J connectivity index is 2.19. The van der Waals surface area contributed by atoms with Gasteiger partial charge in [-0.2, -0.15) is 10.1 Å². The third-order valence-corrected chi connectivity index (χ3v) is 5.90. The summed E-state index contributed by atoms with van der Waals surface area (Å²) in [5.74, 6) is 0. The summed E-state index contributed by atoms with van der Waals surface area (Å²) in [4.78, 5) is 29.9. The van der Waals surface area contributed by atoms with E-state index in [0.717, 1.165) is 12.8 Å². The Morgan fingerprint density at radius 1 is 0.633 bits per heavy atom. The Kier molecular flexibility index (Phi) is 7.55. The zero-order valence-corrected chi connectivity index (χ0v) is 21.2. The van der Waals surface area contributed by atoms with E-state index in [2.05, 4.69) is 79.4 Å². The first kappa shape index (κ1) is 25.4. The van der Waals surface area contributed by atoms with Crippen LogP contribution >= 0.6 is 0 Å². The molecule has 7 heteroatoms. The second kappa shape index (κ2) is 8.93. The van der Waals surface area contributed by atoms with Crippen molar-refractivity contribution < 1.29 is 14.5 Å². The quantitative estimate of drug-likeness (QED) is 0.639. The van der Waals surface area contributed by atoms with E-state index in [-0.39, 0.29) is 28.2 Å². The summed E-state index contributed by atoms with van der Waals surface area (Å²) in [5, 5.41) is 4.22. The van der Waals surface area contributed by atoms with E-state index in [1.807, 2.05) is 9.80 Å². The van der Waals surface area contributed by atoms with Crippen LogP contribution in [0.25, 0.3) is 0 Å². The zero-order chi connectivity index (χ0) is 23.0. The number of hydrogen-bond acceptors (Lipinski definition) is 5. The lowest BCUT2D eigenvalue weighted by atomic mass is 9.89. The number of hydroxylamine groups is 4. The minimum Gasteiger partial charge on any atom is -0.321 e. The van der Waals surface area contributed by atoms with Gasteiger partial charge < -0.3 is 9.80 Å². The molecule has 0 aromatic rings. The van der Waals surface area contributed by atoms with E-state index in [0.29, 0.717) is 39.4 Å². The number of rotatable bonds is 6. The van der Waals surface area contributed by atoms with Crippen LogP contribution in [0.4, 0.5) is 4.79 Å². The van der Waals surface area contributed by atoms with Gasteiger partial charge in [0.2, 0.25) is 0 Å². The maximum atomic E-state index is 13.7. The van der Waals surface area contributed by atoms with Crippen molar-refractivity contribution in [3.8, 4) is 0 Å². The van der Waals surface area contributed by atoms with Gasteiger partial charge in [0, 0.05) is 26.2 Å². The average molecular weight is 427 g/mol. The molecule has 0 aromatic heterocycles. The SMILES string of the molecule is CCCON1C(C)(C)CN(C(=O)N2CC(C)(C)N(OCCC)C(C)(C)C2)CC1(C)C. The average Bonchev–Trinajstić information content (AvgIpc) is 2.57. The van der Waals surface area contributed by atoms with Crippen LogP contribution in [0.15, 0.2) is 0 Å². The highest BCUT2D eigenvalue weighted by Gasteiger charge is 2.51. The molecular weight excluding hydrogens is 380 g/mol. The lowest BCUT2D eigenvalue weighted by Crippen LogP contribution is -2.73. The summed E-state index contributed by atoms with van der Waals surface area (Å²) >= 11 is 0. The molecule has 2 aliphatic rings. The molecule has 0 radical (unpaired) electrons. The van der Waals surface area contributed by atoms with Crippen LogP contribution in [0.1, 0.15) is 82.1 Å². The molecule has 2 saturated heterocycles. The number of amides is 2. The molecule has 0 saturated carbocycles. The number of piperazine rings is 2. The van der Waals surface area contributed by atoms with Gasteiger partial charge in [-0.25, -0.2) is 4.79 Å². The summed E-state index contributed by atoms with van der Waals surface area (Å²) in [5.41, 5.74) is -1.04. The second-order valence-corrected chi connectivity index (χ2v) is 11.5. The Bertz CT molecular complexity index is 517. The van der Waals surface area contributed by atoms with E-state index in [4.69, 9.17) is 9.68 Å². The maximum Gasteiger partial charge on any atom is 0.320 e. The fraction of sp³-hybridized carbons (Fsp3) is 0.957. The fourth-order valence-corrected chi connectivity index (χ4v) is 5.41. The van der Waals surface area contributed by atoms with Crippen molar-refractivity contribution >= 4 is 6.03 Å². The molecule has 0 spiro atoms. The highest BCUT2D eigenvalue weighted by molar-refractivity contribution is 5.75. The van der Waals surface area contributed by atoms with E-state index < -0.39 is 0 Å². The molecule has 0 N–H and O–H groups in total. The van der Waals surface area contributed by atoms with Crippen LogP contribution in [0.5, 0.6) is 0 Å². The van der Waals surface area contributed by atoms with Crippen LogP contribution in [0, 0.1) is 0 Å². The van der Waals surface area contributed by atoms with Crippen LogP contribution in [-0.4, -0.2) is 87.5 Å². The predicted octanol–water partition coefficient (Wildman–Crippen LogP) is 4.14. The number of hydrogen-bond donors (Lipinski definition) is 0. The number of nitrogens with zero attached hydrogens (tertiary/aromatic N) is 4. The topological polar surface area (TPSA) is 48.5 Å². The number of urea groups is 1. The molecule has 0 bridgehead atoms. The molecule has 0 unspecified atom stereocenters. The first-order valence-electron chi connectivity index (χ1n) is 11.6. The predicted molar refractivity (Wildman–Crippen MR) is 121 cm³/mol. The van der Waals surface area contributed by atoms with Gasteiger partial charge in [0.1, 0.15) is 0 Å². The standard InChI is InChI=1S/C23H46N4O3/c1-11-13-29-26-20(3,4)15-24(16-21(26,5)6)19(28)25-17-22(7,8)27(30-14-12-2)23(9,10)18-25/h11-18H2,1-10H3. The van der Waals surface area contributed by atoms with Crippen molar-refractivity contribution in [3.05, 3.63) is 0 Å². The van der Waals surface area contributed by atoms with Crippen molar-refractivity contribution in [1.82, 2.24) is 19.9 Å².